The molecule has 2 atom stereocenters. The van der Waals surface area contributed by atoms with Gasteiger partial charge in [0.2, 0.25) is 0 Å². The van der Waals surface area contributed by atoms with Crippen molar-refractivity contribution in [3.05, 3.63) is 78.4 Å². The molecule has 3 aromatic rings. The third kappa shape index (κ3) is 3.57. The van der Waals surface area contributed by atoms with Crippen molar-refractivity contribution >= 4 is 16.7 Å². The first-order valence-electron chi connectivity index (χ1n) is 8.15. The van der Waals surface area contributed by atoms with Crippen LogP contribution < -0.4 is 10.1 Å². The van der Waals surface area contributed by atoms with Gasteiger partial charge < -0.3 is 10.1 Å². The number of rotatable bonds is 5. The second-order valence-corrected chi connectivity index (χ2v) is 5.88. The number of ether oxygens (including phenoxy) is 1. The van der Waals surface area contributed by atoms with Crippen molar-refractivity contribution < 1.29 is 9.53 Å². The van der Waals surface area contributed by atoms with Crippen molar-refractivity contribution in [1.82, 2.24) is 5.32 Å². The van der Waals surface area contributed by atoms with Gasteiger partial charge in [-0.2, -0.15) is 0 Å². The molecule has 0 saturated heterocycles. The van der Waals surface area contributed by atoms with Gasteiger partial charge in [-0.15, -0.1) is 0 Å². The average molecular weight is 319 g/mol. The van der Waals surface area contributed by atoms with Gasteiger partial charge >= 0.3 is 0 Å². The van der Waals surface area contributed by atoms with E-state index in [1.165, 1.54) is 0 Å². The van der Waals surface area contributed by atoms with E-state index in [-0.39, 0.29) is 11.9 Å². The van der Waals surface area contributed by atoms with Gasteiger partial charge in [0.05, 0.1) is 6.04 Å². The first-order valence-corrected chi connectivity index (χ1v) is 8.15. The molecular formula is C21H21NO2. The predicted molar refractivity (Wildman–Crippen MR) is 97.0 cm³/mol. The highest BCUT2D eigenvalue weighted by atomic mass is 16.5. The third-order valence-corrected chi connectivity index (χ3v) is 4.08. The summed E-state index contributed by atoms with van der Waals surface area (Å²) in [6.45, 7) is 3.74. The SMILES string of the molecule is C[C@@H](Oc1cccc2ccccc12)C(=O)N[C@H](C)c1ccccc1. The molecule has 0 radical (unpaired) electrons. The van der Waals surface area contributed by atoms with E-state index >= 15 is 0 Å². The maximum absolute atomic E-state index is 12.4. The molecule has 3 nitrogen and oxygen atoms in total. The van der Waals surface area contributed by atoms with E-state index < -0.39 is 6.10 Å². The van der Waals surface area contributed by atoms with Crippen molar-refractivity contribution in [3.8, 4) is 5.75 Å². The Morgan fingerprint density at radius 2 is 1.54 bits per heavy atom. The Morgan fingerprint density at radius 1 is 0.875 bits per heavy atom. The van der Waals surface area contributed by atoms with Gasteiger partial charge in [-0.05, 0) is 30.9 Å². The summed E-state index contributed by atoms with van der Waals surface area (Å²) in [5.74, 6) is 0.599. The van der Waals surface area contributed by atoms with E-state index in [1.807, 2.05) is 79.7 Å². The van der Waals surface area contributed by atoms with Gasteiger partial charge in [-0.25, -0.2) is 0 Å². The van der Waals surface area contributed by atoms with Crippen molar-refractivity contribution in [2.75, 3.05) is 0 Å². The fourth-order valence-corrected chi connectivity index (χ4v) is 2.70. The molecule has 0 heterocycles. The van der Waals surface area contributed by atoms with Crippen LogP contribution >= 0.6 is 0 Å². The highest BCUT2D eigenvalue weighted by molar-refractivity contribution is 5.89. The second-order valence-electron chi connectivity index (χ2n) is 5.88. The summed E-state index contributed by atoms with van der Waals surface area (Å²) in [4.78, 5) is 12.4. The molecule has 24 heavy (non-hydrogen) atoms. The zero-order valence-corrected chi connectivity index (χ0v) is 13.9. The fourth-order valence-electron chi connectivity index (χ4n) is 2.70. The smallest absolute Gasteiger partial charge is 0.261 e. The molecule has 0 spiro atoms. The normalized spacial score (nSPS) is 13.2. The Labute approximate surface area is 142 Å². The van der Waals surface area contributed by atoms with E-state index in [2.05, 4.69) is 5.32 Å². The van der Waals surface area contributed by atoms with Gasteiger partial charge in [0.25, 0.3) is 5.91 Å². The molecule has 0 aromatic heterocycles. The fraction of sp³-hybridized carbons (Fsp3) is 0.190. The Bertz CT molecular complexity index is 824. The van der Waals surface area contributed by atoms with Crippen LogP contribution in [0.5, 0.6) is 5.75 Å². The lowest BCUT2D eigenvalue weighted by Gasteiger charge is -2.19. The van der Waals surface area contributed by atoms with Crippen LogP contribution in [0.25, 0.3) is 10.8 Å². The number of amides is 1. The van der Waals surface area contributed by atoms with Crippen LogP contribution in [0.2, 0.25) is 0 Å². The van der Waals surface area contributed by atoms with Crippen LogP contribution in [0.4, 0.5) is 0 Å². The summed E-state index contributed by atoms with van der Waals surface area (Å²) in [6, 6.07) is 23.7. The molecule has 0 unspecified atom stereocenters. The minimum absolute atomic E-state index is 0.0581. The zero-order chi connectivity index (χ0) is 16.9. The van der Waals surface area contributed by atoms with Gasteiger partial charge in [-0.3, -0.25) is 4.79 Å². The van der Waals surface area contributed by atoms with Crippen LogP contribution in [-0.2, 0) is 4.79 Å². The number of hydrogen-bond acceptors (Lipinski definition) is 2. The summed E-state index contributed by atoms with van der Waals surface area (Å²) in [5, 5.41) is 5.11. The first kappa shape index (κ1) is 16.1. The molecule has 122 valence electrons. The number of fused-ring (bicyclic) bond motifs is 1. The standard InChI is InChI=1S/C21H21NO2/c1-15(17-9-4-3-5-10-17)22-21(23)16(2)24-20-14-8-12-18-11-6-7-13-19(18)20/h3-16H,1-2H3,(H,22,23)/t15-,16-/m1/s1. The number of hydrogen-bond donors (Lipinski definition) is 1. The van der Waals surface area contributed by atoms with Crippen LogP contribution in [0.15, 0.2) is 72.8 Å². The van der Waals surface area contributed by atoms with Crippen LogP contribution in [0.1, 0.15) is 25.5 Å². The maximum atomic E-state index is 12.4. The summed E-state index contributed by atoms with van der Waals surface area (Å²) in [5.41, 5.74) is 1.07. The Morgan fingerprint density at radius 3 is 2.33 bits per heavy atom. The zero-order valence-electron chi connectivity index (χ0n) is 13.9. The Balaban J connectivity index is 1.70. The van der Waals surface area contributed by atoms with E-state index in [9.17, 15) is 4.79 Å². The number of carbonyl (C=O) groups is 1. The Hall–Kier alpha value is -2.81. The maximum Gasteiger partial charge on any atom is 0.261 e. The molecule has 3 heteroatoms. The average Bonchev–Trinajstić information content (AvgIpc) is 2.62. The number of carbonyl (C=O) groups excluding carboxylic acids is 1. The van der Waals surface area contributed by atoms with E-state index in [0.717, 1.165) is 22.1 Å². The summed E-state index contributed by atoms with van der Waals surface area (Å²) >= 11 is 0. The van der Waals surface area contributed by atoms with Crippen LogP contribution in [0.3, 0.4) is 0 Å². The topological polar surface area (TPSA) is 38.3 Å². The molecule has 0 saturated carbocycles. The van der Waals surface area contributed by atoms with E-state index in [1.54, 1.807) is 6.92 Å². The second kappa shape index (κ2) is 7.18. The van der Waals surface area contributed by atoms with Crippen molar-refractivity contribution in [2.45, 2.75) is 26.0 Å². The minimum Gasteiger partial charge on any atom is -0.480 e. The molecule has 1 N–H and O–H groups in total. The lowest BCUT2D eigenvalue weighted by atomic mass is 10.1. The van der Waals surface area contributed by atoms with Gasteiger partial charge in [-0.1, -0.05) is 66.7 Å². The predicted octanol–water partition coefficient (Wildman–Crippen LogP) is 4.48. The van der Waals surface area contributed by atoms with Crippen LogP contribution in [0, 0.1) is 0 Å². The molecular weight excluding hydrogens is 298 g/mol. The third-order valence-electron chi connectivity index (χ3n) is 4.08. The monoisotopic (exact) mass is 319 g/mol. The van der Waals surface area contributed by atoms with Crippen molar-refractivity contribution in [2.24, 2.45) is 0 Å². The van der Waals surface area contributed by atoms with E-state index in [4.69, 9.17) is 4.74 Å². The van der Waals surface area contributed by atoms with E-state index in [0.29, 0.717) is 0 Å². The lowest BCUT2D eigenvalue weighted by Crippen LogP contribution is -2.37. The minimum atomic E-state index is -0.568. The molecule has 0 fully saturated rings. The number of nitrogens with one attached hydrogen (secondary N) is 1. The molecule has 0 bridgehead atoms. The molecule has 0 aliphatic rings. The summed E-state index contributed by atoms with van der Waals surface area (Å²) in [6.07, 6.45) is -0.568. The largest absolute Gasteiger partial charge is 0.480 e. The molecule has 1 amide bonds. The quantitative estimate of drug-likeness (QED) is 0.753. The summed E-state index contributed by atoms with van der Waals surface area (Å²) in [7, 11) is 0. The Kier molecular flexibility index (Phi) is 4.80. The van der Waals surface area contributed by atoms with Gasteiger partial charge in [0, 0.05) is 5.39 Å². The molecule has 0 aliphatic carbocycles. The van der Waals surface area contributed by atoms with Gasteiger partial charge in [0.15, 0.2) is 6.10 Å². The lowest BCUT2D eigenvalue weighted by molar-refractivity contribution is -0.127. The first-order chi connectivity index (χ1) is 11.6. The van der Waals surface area contributed by atoms with Gasteiger partial charge in [0.1, 0.15) is 5.75 Å². The van der Waals surface area contributed by atoms with Crippen molar-refractivity contribution in [3.63, 3.8) is 0 Å². The molecule has 3 rings (SSSR count). The molecule has 0 aliphatic heterocycles. The molecule has 3 aromatic carbocycles. The van der Waals surface area contributed by atoms with Crippen molar-refractivity contribution in [1.29, 1.82) is 0 Å². The highest BCUT2D eigenvalue weighted by Crippen LogP contribution is 2.26. The number of benzene rings is 3. The summed E-state index contributed by atoms with van der Waals surface area (Å²) < 4.78 is 5.91. The highest BCUT2D eigenvalue weighted by Gasteiger charge is 2.18. The van der Waals surface area contributed by atoms with Crippen LogP contribution in [-0.4, -0.2) is 12.0 Å².